The fourth-order valence-corrected chi connectivity index (χ4v) is 2.79. The maximum absolute atomic E-state index is 12.1. The summed E-state index contributed by atoms with van der Waals surface area (Å²) in [5.41, 5.74) is 0.378. The third-order valence-corrected chi connectivity index (χ3v) is 3.66. The van der Waals surface area contributed by atoms with Crippen LogP contribution in [0.3, 0.4) is 0 Å². The fourth-order valence-electron chi connectivity index (χ4n) is 2.01. The number of pyridine rings is 1. The van der Waals surface area contributed by atoms with Crippen LogP contribution >= 0.6 is 27.5 Å². The molecule has 0 aliphatic carbocycles. The van der Waals surface area contributed by atoms with Crippen LogP contribution in [-0.4, -0.2) is 66.7 Å². The Bertz CT molecular complexity index is 608. The Hall–Kier alpha value is -2.38. The molecule has 1 unspecified atom stereocenters. The maximum Gasteiger partial charge on any atom is 0.410 e. The molecule has 10 heteroatoms. The van der Waals surface area contributed by atoms with E-state index in [2.05, 4.69) is 20.9 Å². The maximum atomic E-state index is 12.1. The second-order valence-electron chi connectivity index (χ2n) is 6.82. The first-order valence-electron chi connectivity index (χ1n) is 7.99. The molecule has 7 nitrogen and oxygen atoms in total. The topological polar surface area (TPSA) is 72.0 Å². The first kappa shape index (κ1) is 24.6. The third-order valence-electron chi connectivity index (χ3n) is 3.06. The largest absolute Gasteiger partial charge is 0.522 e. The number of amides is 2. The van der Waals surface area contributed by atoms with E-state index in [4.69, 9.17) is 21.1 Å². The van der Waals surface area contributed by atoms with Crippen molar-refractivity contribution in [3.8, 4) is 0 Å². The van der Waals surface area contributed by atoms with Crippen molar-refractivity contribution in [3.63, 3.8) is 0 Å². The second kappa shape index (κ2) is 10.7. The normalized spacial score (nSPS) is 16.4. The molecule has 0 N–H and O–H groups in total. The molecule has 2 heterocycles. The first-order chi connectivity index (χ1) is 12.0. The van der Waals surface area contributed by atoms with Crippen molar-refractivity contribution in [2.75, 3.05) is 33.8 Å². The monoisotopic (exact) mass is 705 g/mol. The summed E-state index contributed by atoms with van der Waals surface area (Å²) in [5.74, 6) is 0. The molecule has 0 spiro atoms. The molecule has 1 saturated heterocycles. The van der Waals surface area contributed by atoms with Crippen LogP contribution in [-0.2, 0) is 14.3 Å². The Morgan fingerprint density at radius 1 is 1.44 bits per heavy atom. The van der Waals surface area contributed by atoms with Crippen LogP contribution in [0.4, 0.5) is 4.79 Å². The zero-order chi connectivity index (χ0) is 19.9. The number of hydrogen-bond acceptors (Lipinski definition) is 5. The Kier molecular flexibility index (Phi) is 9.75. The molecule has 27 heavy (non-hydrogen) atoms. The molecular weight excluding hydrogens is 683 g/mol. The van der Waals surface area contributed by atoms with E-state index < -0.39 is 5.60 Å². The Labute approximate surface area is 167 Å². The average molecular weight is 707 g/mol. The van der Waals surface area contributed by atoms with Gasteiger partial charge in [0.05, 0.1) is 13.2 Å². The molecule has 1 aromatic rings. The number of morpholine rings is 1. The van der Waals surface area contributed by atoms with Crippen molar-refractivity contribution < 1.29 is 19.1 Å². The van der Waals surface area contributed by atoms with Crippen LogP contribution in [0.25, 0.3) is 0 Å². The van der Waals surface area contributed by atoms with Gasteiger partial charge in [0.2, 0.25) is 0 Å². The summed E-state index contributed by atoms with van der Waals surface area (Å²) in [6, 6.07) is 3.59. The molecule has 1 atom stereocenters. The molecule has 0 saturated carbocycles. The molecule has 1 fully saturated rings. The molecule has 158 valence electrons. The fraction of sp³-hybridized carbons (Fsp3) is 0.588. The Morgan fingerprint density at radius 3 is 2.52 bits per heavy atom. The molecule has 1 aliphatic rings. The van der Waals surface area contributed by atoms with Crippen LogP contribution in [0.2, 0.25) is 5.15 Å². The van der Waals surface area contributed by atoms with Gasteiger partial charge in [-0.05, 0) is 68.5 Å². The van der Waals surface area contributed by atoms with Crippen molar-refractivity contribution in [1.29, 1.82) is 0 Å². The number of aromatic nitrogens is 1. The summed E-state index contributed by atoms with van der Waals surface area (Å²) in [4.78, 5) is 28.5. The summed E-state index contributed by atoms with van der Waals surface area (Å²) in [5, 5.41) is 0.386. The number of rotatable bonds is 2. The van der Waals surface area contributed by atoms with Crippen molar-refractivity contribution in [1.82, 2.24) is 14.8 Å². The van der Waals surface area contributed by atoms with Gasteiger partial charge < -0.3 is 24.1 Å². The van der Waals surface area contributed by atoms with Gasteiger partial charge in [0.15, 0.2) is 0 Å². The number of nitrogens with zero attached hydrogens (tertiary/aromatic N) is 3. The van der Waals surface area contributed by atoms with Crippen molar-refractivity contribution in [2.24, 2.45) is 0 Å². The molecule has 0 radical (unpaired) electrons. The predicted octanol–water partition coefficient (Wildman–Crippen LogP) is 3.42. The SMILES string of the molecule is CC(C)(C)OC(=O)N1CCOC(c2cc(Cl)nc(Br)c2)C1.CN(C)[C-]=O.[Fm]. The molecule has 1 aromatic heterocycles. The number of carbonyl (C=O) groups is 1. The van der Waals surface area contributed by atoms with Gasteiger partial charge in [-0.3, -0.25) is 0 Å². The van der Waals surface area contributed by atoms with Crippen molar-refractivity contribution in [2.45, 2.75) is 32.5 Å². The van der Waals surface area contributed by atoms with Gasteiger partial charge in [0.25, 0.3) is 0 Å². The predicted molar refractivity (Wildman–Crippen MR) is 103 cm³/mol. The standard InChI is InChI=1S/C14H18BrClN2O3.C3H6NO.Fm/c1-14(2,3)21-13(19)18-4-5-20-10(8-18)9-6-11(15)17-12(16)7-9;1-4(2)3-5;/h6-7,10H,4-5,8H2,1-3H3;1-2H3;/q;-1;. The minimum absolute atomic E-state index is 0. The molecule has 0 aromatic carbocycles. The average Bonchev–Trinajstić information content (AvgIpc) is 2.53. The van der Waals surface area contributed by atoms with E-state index in [0.29, 0.717) is 29.5 Å². The summed E-state index contributed by atoms with van der Waals surface area (Å²) >= 11 is 9.26. The zero-order valence-corrected chi connectivity index (χ0v) is 20.6. The minimum atomic E-state index is -0.506. The van der Waals surface area contributed by atoms with Gasteiger partial charge in [-0.25, -0.2) is 9.78 Å². The van der Waals surface area contributed by atoms with Gasteiger partial charge in [0.1, 0.15) is 21.5 Å². The second-order valence-corrected chi connectivity index (χ2v) is 8.02. The van der Waals surface area contributed by atoms with Gasteiger partial charge in [0, 0.05) is 6.54 Å². The molecule has 2 rings (SSSR count). The van der Waals surface area contributed by atoms with Gasteiger partial charge >= 0.3 is 6.09 Å². The summed E-state index contributed by atoms with van der Waals surface area (Å²) in [6.45, 7) is 6.96. The Balaban J connectivity index is 0.00000100. The van der Waals surface area contributed by atoms with Gasteiger partial charge in [-0.15, -0.1) is 0 Å². The molecule has 1 aliphatic heterocycles. The van der Waals surface area contributed by atoms with Gasteiger partial charge in [-0.2, -0.15) is 6.41 Å². The molecule has 2 amide bonds. The van der Waals surface area contributed by atoms with Crippen LogP contribution in [0.5, 0.6) is 0 Å². The number of ether oxygens (including phenoxy) is 2. The van der Waals surface area contributed by atoms with Crippen LogP contribution in [0.1, 0.15) is 32.4 Å². The summed E-state index contributed by atoms with van der Waals surface area (Å²) in [6.07, 6.45) is 1.05. The van der Waals surface area contributed by atoms with Crippen LogP contribution in [0, 0.1) is 0 Å². The van der Waals surface area contributed by atoms with E-state index in [-0.39, 0.29) is 12.2 Å². The van der Waals surface area contributed by atoms with Crippen LogP contribution < -0.4 is 0 Å². The first-order valence-corrected chi connectivity index (χ1v) is 9.16. The minimum Gasteiger partial charge on any atom is -0.522 e. The van der Waals surface area contributed by atoms with E-state index in [1.807, 2.05) is 26.8 Å². The summed E-state index contributed by atoms with van der Waals surface area (Å²) in [7, 11) is 3.26. The van der Waals surface area contributed by atoms with E-state index in [1.165, 1.54) is 4.90 Å². The smallest absolute Gasteiger partial charge is 0.410 e. The Morgan fingerprint density at radius 2 is 2.04 bits per heavy atom. The molecular formula is C17H24BrClFmN3O4-. The number of hydrogen-bond donors (Lipinski definition) is 0. The van der Waals surface area contributed by atoms with Crippen molar-refractivity contribution in [3.05, 3.63) is 27.5 Å². The van der Waals surface area contributed by atoms with E-state index >= 15 is 0 Å². The quantitative estimate of drug-likeness (QED) is 0.268. The van der Waals surface area contributed by atoms with Crippen LogP contribution in [0.15, 0.2) is 16.7 Å². The third kappa shape index (κ3) is 9.21. The number of carbonyl (C=O) groups excluding carboxylic acids is 2. The zero-order valence-electron chi connectivity index (χ0n) is 15.9. The summed E-state index contributed by atoms with van der Waals surface area (Å²) < 4.78 is 11.8. The van der Waals surface area contributed by atoms with Gasteiger partial charge in [-0.1, -0.05) is 11.6 Å². The molecule has 0 bridgehead atoms. The van der Waals surface area contributed by atoms with Crippen molar-refractivity contribution >= 4 is 40.0 Å². The number of halogens is 2. The van der Waals surface area contributed by atoms with E-state index in [0.717, 1.165) is 5.56 Å². The van der Waals surface area contributed by atoms with E-state index in [1.54, 1.807) is 31.5 Å². The van der Waals surface area contributed by atoms with E-state index in [9.17, 15) is 9.59 Å².